The van der Waals surface area contributed by atoms with Crippen LogP contribution in [0.4, 0.5) is 0 Å². The van der Waals surface area contributed by atoms with E-state index in [1.54, 1.807) is 13.8 Å². The molecule has 0 amide bonds. The third kappa shape index (κ3) is 1.36. The Morgan fingerprint density at radius 3 is 2.70 bits per heavy atom. The van der Waals surface area contributed by atoms with Crippen LogP contribution in [-0.2, 0) is 9.53 Å². The van der Waals surface area contributed by atoms with Crippen LogP contribution < -0.4 is 0 Å². The van der Waals surface area contributed by atoms with Crippen molar-refractivity contribution in [1.29, 1.82) is 0 Å². The van der Waals surface area contributed by atoms with E-state index in [4.69, 9.17) is 9.84 Å². The highest BCUT2D eigenvalue weighted by Gasteiger charge is 2.25. The summed E-state index contributed by atoms with van der Waals surface area (Å²) in [6, 6.07) is 0. The van der Waals surface area contributed by atoms with Crippen LogP contribution in [0.2, 0.25) is 0 Å². The van der Waals surface area contributed by atoms with Crippen molar-refractivity contribution in [1.82, 2.24) is 0 Å². The van der Waals surface area contributed by atoms with Crippen LogP contribution >= 0.6 is 0 Å². The zero-order chi connectivity index (χ0) is 7.78. The normalized spacial score (nSPS) is 24.2. The lowest BCUT2D eigenvalue weighted by molar-refractivity contribution is -0.129. The predicted molar refractivity (Wildman–Crippen MR) is 35.7 cm³/mol. The highest BCUT2D eigenvalue weighted by molar-refractivity contribution is 5.94. The lowest BCUT2D eigenvalue weighted by atomic mass is 10.1. The maximum atomic E-state index is 10.6. The van der Waals surface area contributed by atoms with Crippen molar-refractivity contribution in [3.63, 3.8) is 0 Å². The molecule has 0 fully saturated rings. The zero-order valence-corrected chi connectivity index (χ0v) is 6.05. The average molecular weight is 142 g/mol. The highest BCUT2D eigenvalue weighted by Crippen LogP contribution is 2.17. The van der Waals surface area contributed by atoms with Crippen LogP contribution in [-0.4, -0.2) is 23.1 Å². The molecule has 3 nitrogen and oxygen atoms in total. The number of aliphatic hydroxyl groups is 1. The smallest absolute Gasteiger partial charge is 0.222 e. The predicted octanol–water partition coefficient (Wildman–Crippen LogP) is 0.806. The van der Waals surface area contributed by atoms with Gasteiger partial charge in [-0.05, 0) is 19.9 Å². The lowest BCUT2D eigenvalue weighted by Crippen LogP contribution is -2.31. The van der Waals surface area contributed by atoms with Gasteiger partial charge in [-0.15, -0.1) is 0 Å². The molecule has 0 aromatic rings. The van der Waals surface area contributed by atoms with E-state index in [1.807, 2.05) is 0 Å². The van der Waals surface area contributed by atoms with Gasteiger partial charge in [0.15, 0.2) is 5.76 Å². The number of carbonyl (C=O) groups excluding carboxylic acids is 1. The van der Waals surface area contributed by atoms with Crippen LogP contribution in [0.3, 0.4) is 0 Å². The molecule has 0 unspecified atom stereocenters. The molecule has 1 heterocycles. The number of carbonyl (C=O) groups is 1. The van der Waals surface area contributed by atoms with Gasteiger partial charge < -0.3 is 9.84 Å². The second-order valence-corrected chi connectivity index (χ2v) is 2.84. The summed E-state index contributed by atoms with van der Waals surface area (Å²) in [7, 11) is 0. The Morgan fingerprint density at radius 1 is 1.70 bits per heavy atom. The molecule has 0 aromatic heterocycles. The summed E-state index contributed by atoms with van der Waals surface area (Å²) in [5, 5.41) is 8.94. The summed E-state index contributed by atoms with van der Waals surface area (Å²) >= 11 is 0. The van der Waals surface area contributed by atoms with E-state index in [1.165, 1.54) is 6.08 Å². The molecule has 0 bridgehead atoms. The zero-order valence-electron chi connectivity index (χ0n) is 6.05. The first-order valence-corrected chi connectivity index (χ1v) is 3.10. The molecule has 0 radical (unpaired) electrons. The molecule has 1 aliphatic rings. The van der Waals surface area contributed by atoms with Crippen LogP contribution in [0.15, 0.2) is 11.8 Å². The number of ether oxygens (including phenoxy) is 1. The maximum absolute atomic E-state index is 10.6. The third-order valence-electron chi connectivity index (χ3n) is 1.35. The van der Waals surface area contributed by atoms with E-state index < -0.39 is 5.60 Å². The second kappa shape index (κ2) is 2.09. The lowest BCUT2D eigenvalue weighted by Gasteiger charge is -2.24. The fourth-order valence-electron chi connectivity index (χ4n) is 0.777. The Hall–Kier alpha value is -0.830. The Balaban J connectivity index is 2.86. The molecule has 1 N–H and O–H groups in total. The number of rotatable bonds is 0. The van der Waals surface area contributed by atoms with Crippen molar-refractivity contribution in [2.24, 2.45) is 0 Å². The number of Topliss-reactive ketones (excluding diaryl/α,β-unsaturated/α-hetero) is 1. The van der Waals surface area contributed by atoms with E-state index >= 15 is 0 Å². The standard InChI is InChI=1S/C7H10O3/c1-7(2)3-5(8)6(9)4-10-7/h3,8H,4H2,1-2H3. The van der Waals surface area contributed by atoms with Crippen molar-refractivity contribution in [3.8, 4) is 0 Å². The second-order valence-electron chi connectivity index (χ2n) is 2.84. The minimum Gasteiger partial charge on any atom is -0.504 e. The molecule has 0 aliphatic carbocycles. The van der Waals surface area contributed by atoms with E-state index in [9.17, 15) is 4.79 Å². The Kier molecular flexibility index (Phi) is 1.52. The monoisotopic (exact) mass is 142 g/mol. The molecule has 10 heavy (non-hydrogen) atoms. The molecule has 1 rings (SSSR count). The van der Waals surface area contributed by atoms with E-state index in [-0.39, 0.29) is 18.1 Å². The molecule has 3 heteroatoms. The SMILES string of the molecule is CC1(C)C=C(O)C(=O)CO1. The van der Waals surface area contributed by atoms with Gasteiger partial charge in [0, 0.05) is 0 Å². The van der Waals surface area contributed by atoms with Crippen molar-refractivity contribution in [2.45, 2.75) is 19.4 Å². The van der Waals surface area contributed by atoms with Gasteiger partial charge in [0.05, 0.1) is 5.60 Å². The van der Waals surface area contributed by atoms with Gasteiger partial charge in [-0.2, -0.15) is 0 Å². The van der Waals surface area contributed by atoms with Crippen LogP contribution in [0.1, 0.15) is 13.8 Å². The summed E-state index contributed by atoms with van der Waals surface area (Å²) in [5.41, 5.74) is -0.502. The van der Waals surface area contributed by atoms with E-state index in [0.717, 1.165) is 0 Å². The summed E-state index contributed by atoms with van der Waals surface area (Å²) in [6.45, 7) is 3.56. The minimum absolute atomic E-state index is 0.0185. The molecule has 0 saturated carbocycles. The molecule has 1 aliphatic heterocycles. The molecule has 0 atom stereocenters. The fourth-order valence-corrected chi connectivity index (χ4v) is 0.777. The average Bonchev–Trinajstić information content (AvgIpc) is 1.79. The molecular weight excluding hydrogens is 132 g/mol. The van der Waals surface area contributed by atoms with Gasteiger partial charge in [0.25, 0.3) is 0 Å². The van der Waals surface area contributed by atoms with Crippen molar-refractivity contribution < 1.29 is 14.6 Å². The quantitative estimate of drug-likeness (QED) is 0.544. The third-order valence-corrected chi connectivity index (χ3v) is 1.35. The maximum Gasteiger partial charge on any atom is 0.222 e. The first-order valence-electron chi connectivity index (χ1n) is 3.10. The van der Waals surface area contributed by atoms with Crippen molar-refractivity contribution in [3.05, 3.63) is 11.8 Å². The van der Waals surface area contributed by atoms with Gasteiger partial charge in [-0.1, -0.05) is 0 Å². The fraction of sp³-hybridized carbons (Fsp3) is 0.571. The van der Waals surface area contributed by atoms with E-state index in [2.05, 4.69) is 0 Å². The van der Waals surface area contributed by atoms with Gasteiger partial charge in [0.2, 0.25) is 5.78 Å². The molecule has 0 saturated heterocycles. The summed E-state index contributed by atoms with van der Waals surface area (Å²) in [5.74, 6) is -0.532. The number of aliphatic hydroxyl groups excluding tert-OH is 1. The van der Waals surface area contributed by atoms with Gasteiger partial charge in [0.1, 0.15) is 6.61 Å². The Bertz CT molecular complexity index is 191. The summed E-state index contributed by atoms with van der Waals surface area (Å²) in [6.07, 6.45) is 1.42. The number of hydrogen-bond acceptors (Lipinski definition) is 3. The Morgan fingerprint density at radius 2 is 2.30 bits per heavy atom. The minimum atomic E-state index is -0.502. The molecule has 0 spiro atoms. The van der Waals surface area contributed by atoms with Crippen LogP contribution in [0.5, 0.6) is 0 Å². The molecule has 0 aromatic carbocycles. The van der Waals surface area contributed by atoms with Gasteiger partial charge in [-0.3, -0.25) is 4.79 Å². The first-order chi connectivity index (χ1) is 4.51. The molecular formula is C7H10O3. The van der Waals surface area contributed by atoms with Crippen LogP contribution in [0.25, 0.3) is 0 Å². The van der Waals surface area contributed by atoms with Gasteiger partial charge >= 0.3 is 0 Å². The topological polar surface area (TPSA) is 46.5 Å². The molecule has 56 valence electrons. The van der Waals surface area contributed by atoms with Crippen molar-refractivity contribution >= 4 is 5.78 Å². The number of ketones is 1. The van der Waals surface area contributed by atoms with E-state index in [0.29, 0.717) is 0 Å². The number of hydrogen-bond donors (Lipinski definition) is 1. The van der Waals surface area contributed by atoms with Crippen molar-refractivity contribution in [2.75, 3.05) is 6.61 Å². The summed E-state index contributed by atoms with van der Waals surface area (Å²) < 4.78 is 5.06. The highest BCUT2D eigenvalue weighted by atomic mass is 16.5. The Labute approximate surface area is 59.3 Å². The first kappa shape index (κ1) is 7.28. The largest absolute Gasteiger partial charge is 0.504 e. The van der Waals surface area contributed by atoms with Gasteiger partial charge in [-0.25, -0.2) is 0 Å². The van der Waals surface area contributed by atoms with Crippen LogP contribution in [0, 0.1) is 0 Å². The summed E-state index contributed by atoms with van der Waals surface area (Å²) in [4.78, 5) is 10.6.